The Hall–Kier alpha value is -1.82. The summed E-state index contributed by atoms with van der Waals surface area (Å²) in [5.41, 5.74) is 1.54. The molecular formula is C19H21Cl2FN3O+. The molecule has 1 aliphatic rings. The molecule has 7 heteroatoms. The number of anilines is 2. The van der Waals surface area contributed by atoms with Crippen molar-refractivity contribution < 1.29 is 14.1 Å². The number of hydrogen-bond donors (Lipinski definition) is 2. The number of carbonyl (C=O) groups is 1. The van der Waals surface area contributed by atoms with Crippen molar-refractivity contribution in [3.63, 3.8) is 0 Å². The first kappa shape index (κ1) is 19.0. The van der Waals surface area contributed by atoms with Gasteiger partial charge >= 0.3 is 0 Å². The van der Waals surface area contributed by atoms with Crippen molar-refractivity contribution in [3.8, 4) is 0 Å². The van der Waals surface area contributed by atoms with E-state index in [1.165, 1.54) is 23.1 Å². The first-order chi connectivity index (χ1) is 12.4. The van der Waals surface area contributed by atoms with Gasteiger partial charge in [-0.2, -0.15) is 0 Å². The van der Waals surface area contributed by atoms with Gasteiger partial charge in [-0.1, -0.05) is 29.3 Å². The number of halogens is 3. The van der Waals surface area contributed by atoms with Crippen LogP contribution in [0.4, 0.5) is 15.8 Å². The molecule has 0 unspecified atom stereocenters. The molecule has 1 amide bonds. The van der Waals surface area contributed by atoms with Gasteiger partial charge in [0.05, 0.1) is 36.9 Å². The Labute approximate surface area is 162 Å². The molecule has 0 aliphatic carbocycles. The van der Waals surface area contributed by atoms with Gasteiger partial charge in [-0.05, 0) is 43.3 Å². The van der Waals surface area contributed by atoms with E-state index in [0.717, 1.165) is 36.9 Å². The molecule has 0 aromatic heterocycles. The second-order valence-electron chi connectivity index (χ2n) is 6.46. The molecule has 1 aliphatic heterocycles. The van der Waals surface area contributed by atoms with Crippen LogP contribution in [0.3, 0.4) is 0 Å². The molecular weight excluding hydrogens is 376 g/mol. The lowest BCUT2D eigenvalue weighted by atomic mass is 10.2. The van der Waals surface area contributed by atoms with Gasteiger partial charge in [0.25, 0.3) is 5.91 Å². The molecule has 0 bridgehead atoms. The van der Waals surface area contributed by atoms with Crippen molar-refractivity contribution in [2.45, 2.75) is 13.0 Å². The molecule has 2 aromatic carbocycles. The largest absolute Gasteiger partial charge is 0.360 e. The molecule has 0 spiro atoms. The Morgan fingerprint density at radius 1 is 1.19 bits per heavy atom. The van der Waals surface area contributed by atoms with Crippen LogP contribution in [0.15, 0.2) is 42.5 Å². The number of nitrogens with zero attached hydrogens (tertiary/aromatic N) is 1. The van der Waals surface area contributed by atoms with E-state index in [9.17, 15) is 9.18 Å². The Morgan fingerprint density at radius 2 is 1.92 bits per heavy atom. The van der Waals surface area contributed by atoms with E-state index in [2.05, 4.69) is 10.2 Å². The van der Waals surface area contributed by atoms with Crippen molar-refractivity contribution in [1.82, 2.24) is 0 Å². The van der Waals surface area contributed by atoms with Crippen LogP contribution >= 0.6 is 23.2 Å². The summed E-state index contributed by atoms with van der Waals surface area (Å²) in [4.78, 5) is 16.0. The van der Waals surface area contributed by atoms with E-state index in [4.69, 9.17) is 23.2 Å². The molecule has 1 fully saturated rings. The zero-order valence-electron chi connectivity index (χ0n) is 14.4. The Kier molecular flexibility index (Phi) is 6.01. The van der Waals surface area contributed by atoms with E-state index in [1.807, 2.05) is 31.2 Å². The standard InChI is InChI=1S/C19H20Cl2FN3O/c1-13(19(26)23-18-6-5-15(22)12-17(18)21)24-7-9-25(10-8-24)16-4-2-3-14(20)11-16/h2-6,11-13H,7-10H2,1H3,(H,23,26)/p+1/t13-/m0/s1. The van der Waals surface area contributed by atoms with Gasteiger partial charge in [0.15, 0.2) is 6.04 Å². The van der Waals surface area contributed by atoms with Crippen LogP contribution in [0, 0.1) is 5.82 Å². The van der Waals surface area contributed by atoms with Crippen molar-refractivity contribution >= 4 is 40.5 Å². The molecule has 2 aromatic rings. The van der Waals surface area contributed by atoms with E-state index in [-0.39, 0.29) is 17.0 Å². The fraction of sp³-hybridized carbons (Fsp3) is 0.316. The quantitative estimate of drug-likeness (QED) is 0.833. The van der Waals surface area contributed by atoms with Gasteiger partial charge in [0.1, 0.15) is 5.82 Å². The fourth-order valence-electron chi connectivity index (χ4n) is 3.18. The fourth-order valence-corrected chi connectivity index (χ4v) is 3.57. The summed E-state index contributed by atoms with van der Waals surface area (Å²) in [5.74, 6) is -0.548. The molecule has 0 radical (unpaired) electrons. The minimum absolute atomic E-state index is 0.121. The number of quaternary nitrogens is 1. The van der Waals surface area contributed by atoms with Crippen molar-refractivity contribution in [3.05, 3.63) is 58.3 Å². The molecule has 1 atom stereocenters. The number of nitrogens with one attached hydrogen (secondary N) is 2. The highest BCUT2D eigenvalue weighted by atomic mass is 35.5. The number of piperazine rings is 1. The van der Waals surface area contributed by atoms with Crippen LogP contribution in [0.2, 0.25) is 10.0 Å². The van der Waals surface area contributed by atoms with Gasteiger partial charge in [-0.15, -0.1) is 0 Å². The molecule has 3 rings (SSSR count). The summed E-state index contributed by atoms with van der Waals surface area (Å²) in [6.07, 6.45) is 0. The van der Waals surface area contributed by atoms with Crippen molar-refractivity contribution in [2.24, 2.45) is 0 Å². The minimum atomic E-state index is -0.427. The number of benzene rings is 2. The average molecular weight is 397 g/mol. The van der Waals surface area contributed by atoms with Crippen LogP contribution < -0.4 is 15.1 Å². The van der Waals surface area contributed by atoms with Crippen LogP contribution in [0.1, 0.15) is 6.92 Å². The highest BCUT2D eigenvalue weighted by molar-refractivity contribution is 6.33. The maximum Gasteiger partial charge on any atom is 0.282 e. The highest BCUT2D eigenvalue weighted by Gasteiger charge is 2.29. The summed E-state index contributed by atoms with van der Waals surface area (Å²) in [6.45, 7) is 5.29. The van der Waals surface area contributed by atoms with Crippen LogP contribution in [-0.2, 0) is 4.79 Å². The predicted octanol–water partition coefficient (Wildman–Crippen LogP) is 2.86. The first-order valence-electron chi connectivity index (χ1n) is 8.55. The normalized spacial score (nSPS) is 16.4. The average Bonchev–Trinajstić information content (AvgIpc) is 2.63. The van der Waals surface area contributed by atoms with Crippen LogP contribution in [0.5, 0.6) is 0 Å². The van der Waals surface area contributed by atoms with Gasteiger partial charge in [0, 0.05) is 10.7 Å². The number of carbonyl (C=O) groups excluding carboxylic acids is 1. The first-order valence-corrected chi connectivity index (χ1v) is 9.30. The second kappa shape index (κ2) is 8.25. The summed E-state index contributed by atoms with van der Waals surface area (Å²) in [7, 11) is 0. The molecule has 0 saturated carbocycles. The molecule has 138 valence electrons. The third-order valence-electron chi connectivity index (χ3n) is 4.77. The summed E-state index contributed by atoms with van der Waals surface area (Å²) < 4.78 is 13.1. The highest BCUT2D eigenvalue weighted by Crippen LogP contribution is 2.22. The van der Waals surface area contributed by atoms with E-state index in [1.54, 1.807) is 0 Å². The van der Waals surface area contributed by atoms with Gasteiger partial charge in [-0.3, -0.25) is 4.79 Å². The SMILES string of the molecule is C[C@@H](C(=O)Nc1ccc(F)cc1Cl)[NH+]1CCN(c2cccc(Cl)c2)CC1. The lowest BCUT2D eigenvalue weighted by molar-refractivity contribution is -0.914. The molecule has 1 heterocycles. The van der Waals surface area contributed by atoms with Crippen molar-refractivity contribution in [2.75, 3.05) is 36.4 Å². The Bertz CT molecular complexity index is 794. The third kappa shape index (κ3) is 4.47. The topological polar surface area (TPSA) is 36.8 Å². The predicted molar refractivity (Wildman–Crippen MR) is 104 cm³/mol. The smallest absolute Gasteiger partial charge is 0.282 e. The lowest BCUT2D eigenvalue weighted by Gasteiger charge is -2.36. The molecule has 4 nitrogen and oxygen atoms in total. The van der Waals surface area contributed by atoms with E-state index in [0.29, 0.717) is 5.69 Å². The minimum Gasteiger partial charge on any atom is -0.360 e. The maximum atomic E-state index is 13.1. The molecule has 26 heavy (non-hydrogen) atoms. The zero-order valence-corrected chi connectivity index (χ0v) is 15.9. The van der Waals surface area contributed by atoms with Crippen LogP contribution in [0.25, 0.3) is 0 Å². The van der Waals surface area contributed by atoms with Gasteiger partial charge < -0.3 is 15.1 Å². The number of hydrogen-bond acceptors (Lipinski definition) is 2. The third-order valence-corrected chi connectivity index (χ3v) is 5.32. The molecule has 2 N–H and O–H groups in total. The zero-order chi connectivity index (χ0) is 18.7. The lowest BCUT2D eigenvalue weighted by Crippen LogP contribution is -3.19. The Balaban J connectivity index is 1.57. The number of rotatable bonds is 4. The summed E-state index contributed by atoms with van der Waals surface area (Å²) in [5, 5.41) is 3.72. The van der Waals surface area contributed by atoms with Crippen molar-refractivity contribution in [1.29, 1.82) is 0 Å². The second-order valence-corrected chi connectivity index (χ2v) is 7.30. The Morgan fingerprint density at radius 3 is 2.58 bits per heavy atom. The summed E-state index contributed by atoms with van der Waals surface area (Å²) in [6, 6.07) is 11.5. The van der Waals surface area contributed by atoms with E-state index >= 15 is 0 Å². The monoisotopic (exact) mass is 396 g/mol. The van der Waals surface area contributed by atoms with Gasteiger partial charge in [-0.25, -0.2) is 4.39 Å². The van der Waals surface area contributed by atoms with Gasteiger partial charge in [0.2, 0.25) is 0 Å². The number of amides is 1. The van der Waals surface area contributed by atoms with Crippen LogP contribution in [-0.4, -0.2) is 38.1 Å². The van der Waals surface area contributed by atoms with E-state index < -0.39 is 5.82 Å². The summed E-state index contributed by atoms with van der Waals surface area (Å²) >= 11 is 12.1. The molecule has 1 saturated heterocycles. The maximum absolute atomic E-state index is 13.1.